The van der Waals surface area contributed by atoms with Crippen LogP contribution in [0.5, 0.6) is 0 Å². The number of hydrogen-bond donors (Lipinski definition) is 2. The lowest BCUT2D eigenvalue weighted by atomic mass is 10.00. The molecule has 128 valence electrons. The molecule has 0 bridgehead atoms. The van der Waals surface area contributed by atoms with Crippen molar-refractivity contribution in [2.24, 2.45) is 5.92 Å². The maximum absolute atomic E-state index is 10.8. The van der Waals surface area contributed by atoms with E-state index in [0.717, 1.165) is 17.7 Å². The highest BCUT2D eigenvalue weighted by Gasteiger charge is 2.29. The van der Waals surface area contributed by atoms with Gasteiger partial charge in [-0.15, -0.1) is 0 Å². The van der Waals surface area contributed by atoms with E-state index in [1.54, 1.807) is 29.6 Å². The van der Waals surface area contributed by atoms with Crippen LogP contribution in [0.1, 0.15) is 11.3 Å². The van der Waals surface area contributed by atoms with Crippen molar-refractivity contribution in [3.63, 3.8) is 0 Å². The summed E-state index contributed by atoms with van der Waals surface area (Å²) >= 11 is 5.80. The molecule has 0 aliphatic carbocycles. The third-order valence-corrected chi connectivity index (χ3v) is 3.91. The zero-order valence-corrected chi connectivity index (χ0v) is 13.5. The Morgan fingerprint density at radius 3 is 3.04 bits per heavy atom. The molecule has 1 aliphatic heterocycles. The van der Waals surface area contributed by atoms with Crippen molar-refractivity contribution in [2.75, 3.05) is 13.1 Å². The number of aromatic nitrogens is 1. The van der Waals surface area contributed by atoms with E-state index >= 15 is 0 Å². The summed E-state index contributed by atoms with van der Waals surface area (Å²) in [6, 6.07) is 7.31. The van der Waals surface area contributed by atoms with Crippen molar-refractivity contribution in [1.29, 1.82) is 0 Å². The number of nitrogens with zero attached hydrogens (tertiary/aromatic N) is 4. The molecule has 0 amide bonds. The van der Waals surface area contributed by atoms with Crippen molar-refractivity contribution in [2.45, 2.75) is 13.0 Å². The van der Waals surface area contributed by atoms with Gasteiger partial charge in [0.25, 0.3) is 0 Å². The molecule has 3 heterocycles. The first-order chi connectivity index (χ1) is 11.6. The van der Waals surface area contributed by atoms with Crippen LogP contribution in [-0.4, -0.2) is 33.3 Å². The molecule has 9 nitrogen and oxygen atoms in total. The fourth-order valence-electron chi connectivity index (χ4n) is 2.65. The summed E-state index contributed by atoms with van der Waals surface area (Å²) in [6.45, 7) is 1.63. The Morgan fingerprint density at radius 2 is 2.38 bits per heavy atom. The second kappa shape index (κ2) is 7.58. The number of furan rings is 1. The smallest absolute Gasteiger partial charge is 0.176 e. The van der Waals surface area contributed by atoms with Gasteiger partial charge in [0.2, 0.25) is 0 Å². The lowest BCUT2D eigenvalue weighted by Crippen LogP contribution is -2.65. The van der Waals surface area contributed by atoms with Gasteiger partial charge in [0, 0.05) is 19.3 Å². The largest absolute Gasteiger partial charge is 0.468 e. The number of hydrazine groups is 4. The summed E-state index contributed by atoms with van der Waals surface area (Å²) < 4.78 is 5.34. The van der Waals surface area contributed by atoms with Crippen LogP contribution in [0.4, 0.5) is 0 Å². The van der Waals surface area contributed by atoms with Crippen molar-refractivity contribution >= 4 is 11.6 Å². The molecular weight excluding hydrogens is 336 g/mol. The lowest BCUT2D eigenvalue weighted by Gasteiger charge is -2.39. The summed E-state index contributed by atoms with van der Waals surface area (Å²) in [5.41, 5.74) is 6.22. The fourth-order valence-corrected chi connectivity index (χ4v) is 2.76. The van der Waals surface area contributed by atoms with Gasteiger partial charge in [0.15, 0.2) is 5.03 Å². The molecule has 24 heavy (non-hydrogen) atoms. The minimum Gasteiger partial charge on any atom is -0.468 e. The summed E-state index contributed by atoms with van der Waals surface area (Å²) in [5, 5.41) is 13.7. The normalized spacial score (nSPS) is 19.3. The van der Waals surface area contributed by atoms with E-state index < -0.39 is 5.03 Å². The fraction of sp³-hybridized carbons (Fsp3) is 0.357. The number of halogens is 1. The summed E-state index contributed by atoms with van der Waals surface area (Å²) in [6.07, 6.45) is 4.12. The van der Waals surface area contributed by atoms with Gasteiger partial charge in [-0.05, 0) is 46.9 Å². The second-order valence-electron chi connectivity index (χ2n) is 5.52. The molecule has 1 unspecified atom stereocenters. The zero-order chi connectivity index (χ0) is 16.9. The Balaban J connectivity index is 1.66. The minimum absolute atomic E-state index is 0.257. The Labute approximate surface area is 143 Å². The average Bonchev–Trinajstić information content (AvgIpc) is 3.05. The minimum atomic E-state index is -0.606. The number of hydrogen-bond acceptors (Lipinski definition) is 7. The Hall–Kier alpha value is -2.20. The third kappa shape index (κ3) is 4.42. The Bertz CT molecular complexity index is 666. The molecule has 0 radical (unpaired) electrons. The summed E-state index contributed by atoms with van der Waals surface area (Å²) in [7, 11) is 0. The predicted molar refractivity (Wildman–Crippen MR) is 85.5 cm³/mol. The van der Waals surface area contributed by atoms with Gasteiger partial charge in [-0.25, -0.2) is 20.5 Å². The van der Waals surface area contributed by atoms with E-state index in [0.29, 0.717) is 24.8 Å². The van der Waals surface area contributed by atoms with Crippen LogP contribution in [0.2, 0.25) is 5.15 Å². The van der Waals surface area contributed by atoms with E-state index in [1.165, 1.54) is 5.23 Å². The van der Waals surface area contributed by atoms with Gasteiger partial charge >= 0.3 is 0 Å². The highest BCUT2D eigenvalue weighted by atomic mass is 35.5. The van der Waals surface area contributed by atoms with Gasteiger partial charge in [0.05, 0.1) is 12.8 Å². The topological polar surface area (TPSA) is 99.7 Å². The molecule has 0 saturated carbocycles. The van der Waals surface area contributed by atoms with Gasteiger partial charge in [-0.1, -0.05) is 17.7 Å². The first-order valence-electron chi connectivity index (χ1n) is 7.42. The number of nitro groups is 1. The molecule has 1 saturated heterocycles. The van der Waals surface area contributed by atoms with E-state index in [4.69, 9.17) is 16.0 Å². The van der Waals surface area contributed by atoms with Crippen LogP contribution in [0.25, 0.3) is 0 Å². The highest BCUT2D eigenvalue weighted by Crippen LogP contribution is 2.17. The van der Waals surface area contributed by atoms with E-state index in [1.807, 2.05) is 12.1 Å². The van der Waals surface area contributed by atoms with Gasteiger partial charge in [-0.3, -0.25) is 0 Å². The van der Waals surface area contributed by atoms with Crippen LogP contribution in [0.15, 0.2) is 41.1 Å². The highest BCUT2D eigenvalue weighted by molar-refractivity contribution is 6.29. The van der Waals surface area contributed by atoms with E-state index in [-0.39, 0.29) is 5.92 Å². The predicted octanol–water partition coefficient (Wildman–Crippen LogP) is 1.42. The second-order valence-corrected chi connectivity index (χ2v) is 5.90. The Kier molecular flexibility index (Phi) is 5.26. The van der Waals surface area contributed by atoms with Crippen molar-refractivity contribution < 1.29 is 9.45 Å². The molecular formula is C14H17ClN6O3. The standard InChI is InChI=1S/C14H17ClN6O3/c15-14-4-3-11(7-16-14)6-12-8-17-20(18-21(22)23)19(9-12)10-13-2-1-5-24-13/h1-5,7,12,17-18H,6,8-10H2. The first kappa shape index (κ1) is 16.7. The monoisotopic (exact) mass is 352 g/mol. The number of pyridine rings is 1. The van der Waals surface area contributed by atoms with Gasteiger partial charge in [0.1, 0.15) is 10.9 Å². The van der Waals surface area contributed by atoms with Crippen LogP contribution in [0, 0.1) is 16.0 Å². The molecule has 1 aliphatic rings. The quantitative estimate of drug-likeness (QED) is 0.457. The van der Waals surface area contributed by atoms with Crippen LogP contribution < -0.4 is 11.0 Å². The van der Waals surface area contributed by atoms with E-state index in [9.17, 15) is 10.1 Å². The molecule has 2 aromatic heterocycles. The maximum atomic E-state index is 10.8. The molecule has 1 fully saturated rings. The summed E-state index contributed by atoms with van der Waals surface area (Å²) in [5.74, 6) is 0.980. The van der Waals surface area contributed by atoms with Crippen molar-refractivity contribution in [3.8, 4) is 0 Å². The zero-order valence-electron chi connectivity index (χ0n) is 12.8. The van der Waals surface area contributed by atoms with Crippen LogP contribution >= 0.6 is 11.6 Å². The van der Waals surface area contributed by atoms with E-state index in [2.05, 4.69) is 15.9 Å². The summed E-state index contributed by atoms with van der Waals surface area (Å²) in [4.78, 5) is 14.8. The van der Waals surface area contributed by atoms with Gasteiger partial charge in [-0.2, -0.15) is 5.01 Å². The average molecular weight is 353 g/mol. The molecule has 2 N–H and O–H groups in total. The molecule has 2 aromatic rings. The SMILES string of the molecule is O=[N+]([O-])NN1NCC(Cc2ccc(Cl)nc2)CN1Cc1ccco1. The van der Waals surface area contributed by atoms with Crippen molar-refractivity contribution in [1.82, 2.24) is 26.2 Å². The molecule has 10 heteroatoms. The van der Waals surface area contributed by atoms with Gasteiger partial charge < -0.3 is 4.42 Å². The molecule has 0 aromatic carbocycles. The lowest BCUT2D eigenvalue weighted by molar-refractivity contribution is -0.599. The molecule has 0 spiro atoms. The number of rotatable bonds is 6. The third-order valence-electron chi connectivity index (χ3n) is 3.69. The van der Waals surface area contributed by atoms with Crippen LogP contribution in [-0.2, 0) is 13.0 Å². The first-order valence-corrected chi connectivity index (χ1v) is 7.80. The Morgan fingerprint density at radius 1 is 1.50 bits per heavy atom. The molecule has 3 rings (SSSR count). The van der Waals surface area contributed by atoms with Crippen molar-refractivity contribution in [3.05, 3.63) is 63.3 Å². The number of nitrogens with one attached hydrogen (secondary N) is 2. The molecule has 1 atom stereocenters. The van der Waals surface area contributed by atoms with Crippen LogP contribution in [0.3, 0.4) is 0 Å². The maximum Gasteiger partial charge on any atom is 0.176 e.